The summed E-state index contributed by atoms with van der Waals surface area (Å²) in [6.07, 6.45) is -3.34. The van der Waals surface area contributed by atoms with Gasteiger partial charge in [0, 0.05) is 66.0 Å². The third-order valence-electron chi connectivity index (χ3n) is 8.33. The number of nitriles is 1. The second-order valence-corrected chi connectivity index (χ2v) is 12.5. The number of nitrogens with zero attached hydrogens (tertiary/aromatic N) is 6. The third-order valence-corrected chi connectivity index (χ3v) is 9.57. The van der Waals surface area contributed by atoms with Gasteiger partial charge in [-0.3, -0.25) is 19.2 Å². The van der Waals surface area contributed by atoms with Crippen LogP contribution in [0.2, 0.25) is 5.02 Å². The number of fused-ring (bicyclic) bond motifs is 2. The van der Waals surface area contributed by atoms with Crippen LogP contribution in [0, 0.1) is 30.1 Å². The lowest BCUT2D eigenvalue weighted by molar-refractivity contribution is -0.137. The van der Waals surface area contributed by atoms with Crippen molar-refractivity contribution in [2.24, 2.45) is 0 Å². The Hall–Kier alpha value is -5.02. The average Bonchev–Trinajstić information content (AvgIpc) is 3.51. The zero-order chi connectivity index (χ0) is 35.0. The molecule has 15 heteroatoms. The van der Waals surface area contributed by atoms with Crippen molar-refractivity contribution in [3.8, 4) is 29.0 Å². The van der Waals surface area contributed by atoms with Crippen LogP contribution in [0.5, 0.6) is 0 Å². The minimum Gasteiger partial charge on any atom is -0.478 e. The summed E-state index contributed by atoms with van der Waals surface area (Å²) in [5.41, 5.74) is -0.692. The molecule has 0 spiro atoms. The Balaban J connectivity index is 1.43. The summed E-state index contributed by atoms with van der Waals surface area (Å²) in [5.74, 6) is 4.98. The van der Waals surface area contributed by atoms with E-state index < -0.39 is 41.2 Å². The topological polar surface area (TPSA) is 115 Å². The maximum atomic E-state index is 14.4. The highest BCUT2D eigenvalue weighted by Crippen LogP contribution is 2.42. The highest BCUT2D eigenvalue weighted by atomic mass is 35.5. The zero-order valence-corrected chi connectivity index (χ0v) is 27.3. The fourth-order valence-electron chi connectivity index (χ4n) is 5.99. The summed E-state index contributed by atoms with van der Waals surface area (Å²) in [4.78, 5) is 37.4. The number of carboxylic acids is 1. The number of aryl methyl sites for hydroxylation is 1. The van der Waals surface area contributed by atoms with Gasteiger partial charge in [0.25, 0.3) is 5.56 Å². The standard InChI is InChI=1S/C34H25ClF4N6O3S/c1-19-42-27-16-26(34(37,38)39)30(44-13-11-43(10-7-36)12-14-44)24(17-40)28(27)32(46)45(19)9-2-3-20-4-5-21(35)15-23(20)22-6-8-41-29-25(33(47)48)18-49-31(22)29/h4-6,8,15-16,18H,7,9-14H2,1H3,(H,47,48). The molecule has 4 heterocycles. The van der Waals surface area contributed by atoms with Gasteiger partial charge in [-0.05, 0) is 37.3 Å². The molecule has 49 heavy (non-hydrogen) atoms. The van der Waals surface area contributed by atoms with Crippen molar-refractivity contribution in [3.05, 3.63) is 85.4 Å². The molecule has 0 unspecified atom stereocenters. The van der Waals surface area contributed by atoms with E-state index in [1.165, 1.54) is 39.3 Å². The van der Waals surface area contributed by atoms with E-state index in [-0.39, 0.29) is 48.5 Å². The minimum absolute atomic E-state index is 0.0662. The molecule has 1 saturated heterocycles. The Morgan fingerprint density at radius 2 is 1.90 bits per heavy atom. The number of hydrogen-bond acceptors (Lipinski definition) is 8. The van der Waals surface area contributed by atoms with Gasteiger partial charge in [-0.15, -0.1) is 11.3 Å². The highest BCUT2D eigenvalue weighted by Gasteiger charge is 2.39. The number of benzene rings is 2. The van der Waals surface area contributed by atoms with E-state index in [1.807, 2.05) is 6.07 Å². The number of thiophene rings is 1. The molecule has 0 atom stereocenters. The van der Waals surface area contributed by atoms with Crippen LogP contribution in [0.1, 0.15) is 32.9 Å². The van der Waals surface area contributed by atoms with E-state index in [1.54, 1.807) is 29.2 Å². The summed E-state index contributed by atoms with van der Waals surface area (Å²) in [6, 6.07) is 9.38. The molecule has 1 fully saturated rings. The number of pyridine rings is 1. The molecule has 1 aliphatic rings. The fraction of sp³-hybridized carbons (Fsp3) is 0.265. The van der Waals surface area contributed by atoms with E-state index in [0.29, 0.717) is 45.0 Å². The van der Waals surface area contributed by atoms with E-state index in [2.05, 4.69) is 21.8 Å². The molecular formula is C34H25ClF4N6O3S. The average molecular weight is 709 g/mol. The smallest absolute Gasteiger partial charge is 0.418 e. The van der Waals surface area contributed by atoms with Gasteiger partial charge in [0.05, 0.1) is 50.0 Å². The van der Waals surface area contributed by atoms with Crippen molar-refractivity contribution >= 4 is 55.7 Å². The van der Waals surface area contributed by atoms with Crippen LogP contribution in [0.4, 0.5) is 23.2 Å². The number of halogens is 5. The van der Waals surface area contributed by atoms with Gasteiger partial charge >= 0.3 is 12.1 Å². The Labute approximate surface area is 285 Å². The van der Waals surface area contributed by atoms with Crippen LogP contribution < -0.4 is 10.5 Å². The van der Waals surface area contributed by atoms with E-state index in [4.69, 9.17) is 11.6 Å². The van der Waals surface area contributed by atoms with Gasteiger partial charge in [-0.2, -0.15) is 18.4 Å². The lowest BCUT2D eigenvalue weighted by atomic mass is 9.99. The van der Waals surface area contributed by atoms with Crippen LogP contribution in [0.25, 0.3) is 32.2 Å². The monoisotopic (exact) mass is 708 g/mol. The third kappa shape index (κ3) is 6.43. The van der Waals surface area contributed by atoms with Gasteiger partial charge in [0.15, 0.2) is 0 Å². The van der Waals surface area contributed by atoms with Crippen molar-refractivity contribution in [1.82, 2.24) is 19.4 Å². The number of carbonyl (C=O) groups is 1. The number of carboxylic acid groups (broad SMARTS) is 1. The van der Waals surface area contributed by atoms with Crippen LogP contribution in [-0.4, -0.2) is 69.9 Å². The lowest BCUT2D eigenvalue weighted by Crippen LogP contribution is -2.47. The maximum absolute atomic E-state index is 14.4. The van der Waals surface area contributed by atoms with Gasteiger partial charge in [-0.1, -0.05) is 23.4 Å². The molecule has 0 amide bonds. The van der Waals surface area contributed by atoms with Gasteiger partial charge < -0.3 is 10.0 Å². The van der Waals surface area contributed by atoms with Crippen molar-refractivity contribution in [3.63, 3.8) is 0 Å². The second kappa shape index (κ2) is 13.5. The Kier molecular flexibility index (Phi) is 9.31. The molecular weight excluding hydrogens is 684 g/mol. The van der Waals surface area contributed by atoms with E-state index in [0.717, 1.165) is 6.07 Å². The second-order valence-electron chi connectivity index (χ2n) is 11.2. The maximum Gasteiger partial charge on any atom is 0.418 e. The predicted molar refractivity (Wildman–Crippen MR) is 179 cm³/mol. The first-order chi connectivity index (χ1) is 23.4. The van der Waals surface area contributed by atoms with Gasteiger partial charge in [0.1, 0.15) is 18.6 Å². The van der Waals surface area contributed by atoms with Gasteiger partial charge in [-0.25, -0.2) is 14.2 Å². The molecule has 6 rings (SSSR count). The summed E-state index contributed by atoms with van der Waals surface area (Å²) < 4.78 is 57.9. The molecule has 1 N–H and O–H groups in total. The minimum atomic E-state index is -4.84. The molecule has 0 aliphatic carbocycles. The van der Waals surface area contributed by atoms with Crippen molar-refractivity contribution in [2.45, 2.75) is 19.6 Å². The number of hydrogen-bond donors (Lipinski definition) is 1. The van der Waals surface area contributed by atoms with Crippen LogP contribution >= 0.6 is 22.9 Å². The summed E-state index contributed by atoms with van der Waals surface area (Å²) in [7, 11) is 0. The molecule has 0 saturated carbocycles. The van der Waals surface area contributed by atoms with Crippen molar-refractivity contribution < 1.29 is 27.5 Å². The lowest BCUT2D eigenvalue weighted by Gasteiger charge is -2.37. The molecule has 0 bridgehead atoms. The van der Waals surface area contributed by atoms with Crippen LogP contribution in [-0.2, 0) is 12.7 Å². The van der Waals surface area contributed by atoms with E-state index >= 15 is 0 Å². The number of anilines is 1. The normalized spacial score (nSPS) is 13.8. The quantitative estimate of drug-likeness (QED) is 0.160. The Bertz CT molecular complexity index is 2300. The molecule has 1 aliphatic heterocycles. The SMILES string of the molecule is Cc1nc2cc(C(F)(F)F)c(N3CCN(CCF)CC3)c(C#N)c2c(=O)n1CC#Cc1ccc(Cl)cc1-c1ccnc2c(C(=O)O)csc12. The zero-order valence-electron chi connectivity index (χ0n) is 25.7. The van der Waals surface area contributed by atoms with Crippen LogP contribution in [0.3, 0.4) is 0 Å². The number of aromatic carboxylic acids is 1. The molecule has 5 aromatic rings. The van der Waals surface area contributed by atoms with Crippen molar-refractivity contribution in [2.75, 3.05) is 44.3 Å². The number of alkyl halides is 4. The van der Waals surface area contributed by atoms with E-state index in [9.17, 15) is 37.5 Å². The first-order valence-corrected chi connectivity index (χ1v) is 16.2. The predicted octanol–water partition coefficient (Wildman–Crippen LogP) is 6.37. The largest absolute Gasteiger partial charge is 0.478 e. The molecule has 9 nitrogen and oxygen atoms in total. The molecule has 250 valence electrons. The highest BCUT2D eigenvalue weighted by molar-refractivity contribution is 7.18. The number of piperazine rings is 1. The Morgan fingerprint density at radius 3 is 2.57 bits per heavy atom. The summed E-state index contributed by atoms with van der Waals surface area (Å²) in [6.45, 7) is 1.64. The Morgan fingerprint density at radius 1 is 1.14 bits per heavy atom. The van der Waals surface area contributed by atoms with Crippen LogP contribution in [0.15, 0.2) is 46.7 Å². The fourth-order valence-corrected chi connectivity index (χ4v) is 7.19. The summed E-state index contributed by atoms with van der Waals surface area (Å²) >= 11 is 7.55. The van der Waals surface area contributed by atoms with Gasteiger partial charge in [0.2, 0.25) is 0 Å². The molecule has 3 aromatic heterocycles. The molecule has 2 aromatic carbocycles. The van der Waals surface area contributed by atoms with Crippen molar-refractivity contribution in [1.29, 1.82) is 5.26 Å². The first-order valence-electron chi connectivity index (χ1n) is 14.9. The molecule has 0 radical (unpaired) electrons. The number of aromatic nitrogens is 3. The first kappa shape index (κ1) is 33.9. The number of rotatable bonds is 6. The summed E-state index contributed by atoms with van der Waals surface area (Å²) in [5, 5.41) is 21.4.